The highest BCUT2D eigenvalue weighted by molar-refractivity contribution is 8.02. The first-order valence-corrected chi connectivity index (χ1v) is 7.69. The second-order valence-corrected chi connectivity index (χ2v) is 7.41. The van der Waals surface area contributed by atoms with Crippen LogP contribution in [0.2, 0.25) is 0 Å². The number of thiophene rings is 2. The summed E-state index contributed by atoms with van der Waals surface area (Å²) in [6.07, 6.45) is 0. The SMILES string of the molecule is CC(C)COc1ccc(Sc2cccs2)s1. The van der Waals surface area contributed by atoms with Crippen molar-refractivity contribution in [3.05, 3.63) is 29.6 Å². The molecular weight excluding hydrogens is 256 g/mol. The highest BCUT2D eigenvalue weighted by Crippen LogP contribution is 2.38. The minimum absolute atomic E-state index is 0.579. The standard InChI is InChI=1S/C12H14OS3/c1-9(2)8-13-10-5-6-12(15-10)16-11-4-3-7-14-11/h3-7,9H,8H2,1-2H3. The van der Waals surface area contributed by atoms with Gasteiger partial charge in [0, 0.05) is 0 Å². The number of rotatable bonds is 5. The third-order valence-electron chi connectivity index (χ3n) is 1.81. The third-order valence-corrected chi connectivity index (χ3v) is 4.98. The molecule has 0 aliphatic carbocycles. The van der Waals surface area contributed by atoms with Crippen LogP contribution in [-0.2, 0) is 0 Å². The maximum atomic E-state index is 5.68. The van der Waals surface area contributed by atoms with E-state index in [4.69, 9.17) is 4.74 Å². The largest absolute Gasteiger partial charge is 0.484 e. The highest BCUT2D eigenvalue weighted by Gasteiger charge is 2.04. The van der Waals surface area contributed by atoms with Crippen LogP contribution in [0.3, 0.4) is 0 Å². The van der Waals surface area contributed by atoms with Crippen LogP contribution in [0.4, 0.5) is 0 Å². The van der Waals surface area contributed by atoms with E-state index < -0.39 is 0 Å². The molecule has 0 unspecified atom stereocenters. The van der Waals surface area contributed by atoms with Gasteiger partial charge in [-0.3, -0.25) is 0 Å². The van der Waals surface area contributed by atoms with Gasteiger partial charge in [-0.1, -0.05) is 43.0 Å². The zero-order valence-corrected chi connectivity index (χ0v) is 11.8. The molecule has 0 amide bonds. The zero-order valence-electron chi connectivity index (χ0n) is 9.30. The fourth-order valence-electron chi connectivity index (χ4n) is 1.11. The first-order chi connectivity index (χ1) is 7.74. The van der Waals surface area contributed by atoms with Gasteiger partial charge in [0.1, 0.15) is 0 Å². The lowest BCUT2D eigenvalue weighted by Gasteiger charge is -2.04. The number of hydrogen-bond acceptors (Lipinski definition) is 4. The lowest BCUT2D eigenvalue weighted by atomic mass is 10.2. The molecule has 2 heterocycles. The van der Waals surface area contributed by atoms with Gasteiger partial charge in [-0.25, -0.2) is 0 Å². The molecule has 0 radical (unpaired) electrons. The molecule has 2 aromatic heterocycles. The van der Waals surface area contributed by atoms with Crippen LogP contribution >= 0.6 is 34.4 Å². The summed E-state index contributed by atoms with van der Waals surface area (Å²) in [5.74, 6) is 0.579. The van der Waals surface area contributed by atoms with Crippen molar-refractivity contribution >= 4 is 34.4 Å². The van der Waals surface area contributed by atoms with E-state index in [-0.39, 0.29) is 0 Å². The van der Waals surface area contributed by atoms with Gasteiger partial charge in [-0.15, -0.1) is 11.3 Å². The van der Waals surface area contributed by atoms with Gasteiger partial charge in [0.05, 0.1) is 15.0 Å². The molecular formula is C12H14OS3. The van der Waals surface area contributed by atoms with Crippen molar-refractivity contribution < 1.29 is 4.74 Å². The Balaban J connectivity index is 1.92. The Morgan fingerprint density at radius 2 is 2.12 bits per heavy atom. The molecule has 0 spiro atoms. The van der Waals surface area contributed by atoms with E-state index in [2.05, 4.69) is 43.5 Å². The highest BCUT2D eigenvalue weighted by atomic mass is 32.2. The second kappa shape index (κ2) is 5.75. The molecule has 0 bridgehead atoms. The van der Waals surface area contributed by atoms with Gasteiger partial charge >= 0.3 is 0 Å². The summed E-state index contributed by atoms with van der Waals surface area (Å²) in [6, 6.07) is 8.41. The Kier molecular flexibility index (Phi) is 4.32. The van der Waals surface area contributed by atoms with E-state index in [1.165, 1.54) is 8.42 Å². The molecule has 0 aromatic carbocycles. The smallest absolute Gasteiger partial charge is 0.174 e. The maximum absolute atomic E-state index is 5.68. The van der Waals surface area contributed by atoms with Crippen LogP contribution in [0.15, 0.2) is 38.1 Å². The normalized spacial score (nSPS) is 10.9. The third kappa shape index (κ3) is 3.54. The van der Waals surface area contributed by atoms with E-state index in [9.17, 15) is 0 Å². The van der Waals surface area contributed by atoms with E-state index in [1.54, 1.807) is 34.4 Å². The average Bonchev–Trinajstić information content (AvgIpc) is 2.87. The topological polar surface area (TPSA) is 9.23 Å². The van der Waals surface area contributed by atoms with Gasteiger partial charge in [0.15, 0.2) is 5.06 Å². The summed E-state index contributed by atoms with van der Waals surface area (Å²) in [7, 11) is 0. The van der Waals surface area contributed by atoms with E-state index >= 15 is 0 Å². The predicted molar refractivity (Wildman–Crippen MR) is 73.1 cm³/mol. The molecule has 0 atom stereocenters. The van der Waals surface area contributed by atoms with E-state index in [0.29, 0.717) is 5.92 Å². The molecule has 86 valence electrons. The molecule has 0 aliphatic heterocycles. The van der Waals surface area contributed by atoms with E-state index in [0.717, 1.165) is 11.7 Å². The Morgan fingerprint density at radius 3 is 2.81 bits per heavy atom. The van der Waals surface area contributed by atoms with Gasteiger partial charge in [-0.2, -0.15) is 0 Å². The lowest BCUT2D eigenvalue weighted by Crippen LogP contribution is -2.02. The van der Waals surface area contributed by atoms with Crippen molar-refractivity contribution in [1.82, 2.24) is 0 Å². The molecule has 0 saturated heterocycles. The molecule has 1 nitrogen and oxygen atoms in total. The molecule has 0 aliphatic rings. The summed E-state index contributed by atoms with van der Waals surface area (Å²) >= 11 is 5.30. The van der Waals surface area contributed by atoms with Crippen molar-refractivity contribution in [1.29, 1.82) is 0 Å². The molecule has 2 aromatic rings. The van der Waals surface area contributed by atoms with E-state index in [1.807, 2.05) is 0 Å². The molecule has 16 heavy (non-hydrogen) atoms. The Morgan fingerprint density at radius 1 is 1.25 bits per heavy atom. The van der Waals surface area contributed by atoms with Crippen LogP contribution in [0.25, 0.3) is 0 Å². The fraction of sp³-hybridized carbons (Fsp3) is 0.333. The first kappa shape index (κ1) is 12.0. The average molecular weight is 270 g/mol. The Bertz CT molecular complexity index is 417. The van der Waals surface area contributed by atoms with Crippen LogP contribution in [0.5, 0.6) is 5.06 Å². The van der Waals surface area contributed by atoms with Gasteiger partial charge in [-0.05, 0) is 29.5 Å². The first-order valence-electron chi connectivity index (χ1n) is 5.18. The van der Waals surface area contributed by atoms with Gasteiger partial charge < -0.3 is 4.74 Å². The maximum Gasteiger partial charge on any atom is 0.174 e. The van der Waals surface area contributed by atoms with Gasteiger partial charge in [0.25, 0.3) is 0 Å². The van der Waals surface area contributed by atoms with Crippen LogP contribution in [-0.4, -0.2) is 6.61 Å². The number of hydrogen-bond donors (Lipinski definition) is 0. The zero-order chi connectivity index (χ0) is 11.4. The summed E-state index contributed by atoms with van der Waals surface area (Å²) in [5, 5.41) is 3.12. The van der Waals surface area contributed by atoms with Crippen molar-refractivity contribution in [3.63, 3.8) is 0 Å². The fourth-order valence-corrected chi connectivity index (χ4v) is 4.10. The monoisotopic (exact) mass is 270 g/mol. The Labute approximate surface area is 108 Å². The summed E-state index contributed by atoms with van der Waals surface area (Å²) in [6.45, 7) is 5.12. The second-order valence-electron chi connectivity index (χ2n) is 3.81. The molecule has 4 heteroatoms. The van der Waals surface area contributed by atoms with Crippen molar-refractivity contribution in [2.24, 2.45) is 5.92 Å². The molecule has 0 saturated carbocycles. The predicted octanol–water partition coefficient (Wildman–Crippen LogP) is 5.00. The van der Waals surface area contributed by atoms with Crippen LogP contribution in [0, 0.1) is 5.92 Å². The summed E-state index contributed by atoms with van der Waals surface area (Å²) in [5.41, 5.74) is 0. The Hall–Kier alpha value is -0.450. The summed E-state index contributed by atoms with van der Waals surface area (Å²) < 4.78 is 8.30. The minimum Gasteiger partial charge on any atom is -0.484 e. The minimum atomic E-state index is 0.579. The molecule has 0 N–H and O–H groups in total. The number of ether oxygens (including phenoxy) is 1. The van der Waals surface area contributed by atoms with Crippen LogP contribution < -0.4 is 4.74 Å². The van der Waals surface area contributed by atoms with Crippen LogP contribution in [0.1, 0.15) is 13.8 Å². The molecule has 0 fully saturated rings. The van der Waals surface area contributed by atoms with Crippen molar-refractivity contribution in [2.75, 3.05) is 6.61 Å². The van der Waals surface area contributed by atoms with Crippen molar-refractivity contribution in [3.8, 4) is 5.06 Å². The van der Waals surface area contributed by atoms with Crippen molar-refractivity contribution in [2.45, 2.75) is 22.3 Å². The lowest BCUT2D eigenvalue weighted by molar-refractivity contribution is 0.278. The molecule has 2 rings (SSSR count). The quantitative estimate of drug-likeness (QED) is 0.756. The van der Waals surface area contributed by atoms with Gasteiger partial charge in [0.2, 0.25) is 0 Å². The summed E-state index contributed by atoms with van der Waals surface area (Å²) in [4.78, 5) is 0.